The molecule has 0 aromatic rings. The Morgan fingerprint density at radius 3 is 2.17 bits per heavy atom. The maximum absolute atomic E-state index is 11.3. The molecule has 0 spiro atoms. The van der Waals surface area contributed by atoms with Crippen LogP contribution >= 0.6 is 0 Å². The third-order valence-electron chi connectivity index (χ3n) is 3.57. The molecule has 3 saturated carbocycles. The Bertz CT molecular complexity index is 215. The van der Waals surface area contributed by atoms with Crippen LogP contribution in [0.1, 0.15) is 19.3 Å². The first-order chi connectivity index (χ1) is 5.55. The summed E-state index contributed by atoms with van der Waals surface area (Å²) in [6, 6.07) is 0. The quantitative estimate of drug-likeness (QED) is 0.568. The lowest BCUT2D eigenvalue weighted by Gasteiger charge is -2.71. The minimum absolute atomic E-state index is 0.00812. The Balaban J connectivity index is 2.00. The van der Waals surface area contributed by atoms with Gasteiger partial charge in [-0.2, -0.15) is 0 Å². The highest BCUT2D eigenvalue weighted by Crippen LogP contribution is 2.69. The Hall–Kier alpha value is -0.570. The molecule has 0 aromatic carbocycles. The average Bonchev–Trinajstić information content (AvgIpc) is 1.80. The topological polar surface area (TPSA) is 29.5 Å². The van der Waals surface area contributed by atoms with Crippen LogP contribution < -0.4 is 0 Å². The van der Waals surface area contributed by atoms with Crippen molar-refractivity contribution in [3.63, 3.8) is 0 Å². The lowest BCUT2D eigenvalue weighted by molar-refractivity contribution is -0.225. The first-order valence-electron chi connectivity index (χ1n) is 4.31. The van der Waals surface area contributed by atoms with Gasteiger partial charge in [-0.05, 0) is 33.4 Å². The number of carbonyl (C=O) groups is 1. The van der Waals surface area contributed by atoms with Crippen molar-refractivity contribution in [1.82, 2.24) is 4.90 Å². The Labute approximate surface area is 72.7 Å². The van der Waals surface area contributed by atoms with E-state index in [1.54, 1.807) is 0 Å². The van der Waals surface area contributed by atoms with Crippen LogP contribution in [0.4, 0.5) is 0 Å². The molecule has 3 heteroatoms. The van der Waals surface area contributed by atoms with Gasteiger partial charge >= 0.3 is 5.97 Å². The number of hydrogen-bond donors (Lipinski definition) is 0. The summed E-state index contributed by atoms with van der Waals surface area (Å²) in [5, 5.41) is 0. The van der Waals surface area contributed by atoms with E-state index in [0.29, 0.717) is 5.54 Å². The van der Waals surface area contributed by atoms with Crippen molar-refractivity contribution in [3.8, 4) is 0 Å². The Kier molecular flexibility index (Phi) is 1.35. The van der Waals surface area contributed by atoms with Crippen LogP contribution in [0.15, 0.2) is 0 Å². The lowest BCUT2D eigenvalue weighted by Crippen LogP contribution is -2.75. The molecule has 0 radical (unpaired) electrons. The van der Waals surface area contributed by atoms with Crippen LogP contribution in [0.25, 0.3) is 0 Å². The molecule has 3 nitrogen and oxygen atoms in total. The standard InChI is InChI=1S/C9H15NO2/c1-10(2)9-4-8(5-9,6-9)7(11)12-3/h4-6H2,1-3H3. The molecule has 0 aromatic heterocycles. The summed E-state index contributed by atoms with van der Waals surface area (Å²) >= 11 is 0. The zero-order valence-electron chi connectivity index (χ0n) is 7.89. The van der Waals surface area contributed by atoms with E-state index in [1.807, 2.05) is 0 Å². The third-order valence-corrected chi connectivity index (χ3v) is 3.57. The molecule has 0 unspecified atom stereocenters. The summed E-state index contributed by atoms with van der Waals surface area (Å²) in [5.74, 6) is -0.00812. The summed E-state index contributed by atoms with van der Waals surface area (Å²) in [6.07, 6.45) is 3.00. The first kappa shape index (κ1) is 8.05. The highest BCUT2D eigenvalue weighted by atomic mass is 16.5. The molecule has 3 aliphatic carbocycles. The van der Waals surface area contributed by atoms with E-state index in [0.717, 1.165) is 19.3 Å². The second-order valence-corrected chi connectivity index (χ2v) is 4.42. The largest absolute Gasteiger partial charge is 0.469 e. The van der Waals surface area contributed by atoms with E-state index in [2.05, 4.69) is 19.0 Å². The highest BCUT2D eigenvalue weighted by Gasteiger charge is 2.73. The number of ether oxygens (including phenoxy) is 1. The van der Waals surface area contributed by atoms with Crippen molar-refractivity contribution in [2.75, 3.05) is 21.2 Å². The molecule has 12 heavy (non-hydrogen) atoms. The summed E-state index contributed by atoms with van der Waals surface area (Å²) in [7, 11) is 5.64. The van der Waals surface area contributed by atoms with Crippen LogP contribution in [0.5, 0.6) is 0 Å². The van der Waals surface area contributed by atoms with Crippen molar-refractivity contribution < 1.29 is 9.53 Å². The Morgan fingerprint density at radius 1 is 1.33 bits per heavy atom. The van der Waals surface area contributed by atoms with E-state index < -0.39 is 0 Å². The monoisotopic (exact) mass is 169 g/mol. The van der Waals surface area contributed by atoms with Crippen molar-refractivity contribution in [3.05, 3.63) is 0 Å². The zero-order valence-corrected chi connectivity index (χ0v) is 7.89. The Morgan fingerprint density at radius 2 is 1.83 bits per heavy atom. The predicted octanol–water partition coefficient (Wildman–Crippen LogP) is 0.644. The van der Waals surface area contributed by atoms with E-state index >= 15 is 0 Å². The van der Waals surface area contributed by atoms with Gasteiger partial charge < -0.3 is 9.64 Å². The summed E-state index contributed by atoms with van der Waals surface area (Å²) in [6.45, 7) is 0. The zero-order chi connectivity index (χ0) is 8.98. The van der Waals surface area contributed by atoms with Gasteiger partial charge in [-0.3, -0.25) is 4.79 Å². The second kappa shape index (κ2) is 2.02. The molecule has 0 aliphatic heterocycles. The minimum atomic E-state index is -0.0843. The number of hydrogen-bond acceptors (Lipinski definition) is 3. The van der Waals surface area contributed by atoms with Gasteiger partial charge in [-0.25, -0.2) is 0 Å². The highest BCUT2D eigenvalue weighted by molar-refractivity contribution is 5.81. The van der Waals surface area contributed by atoms with Crippen molar-refractivity contribution in [2.24, 2.45) is 5.41 Å². The molecule has 0 heterocycles. The van der Waals surface area contributed by atoms with E-state index in [1.165, 1.54) is 7.11 Å². The van der Waals surface area contributed by atoms with Gasteiger partial charge in [-0.15, -0.1) is 0 Å². The van der Waals surface area contributed by atoms with Gasteiger partial charge in [-0.1, -0.05) is 0 Å². The van der Waals surface area contributed by atoms with Gasteiger partial charge in [0, 0.05) is 5.54 Å². The van der Waals surface area contributed by atoms with E-state index in [4.69, 9.17) is 4.74 Å². The molecular formula is C9H15NO2. The molecular weight excluding hydrogens is 154 g/mol. The molecule has 0 amide bonds. The van der Waals surface area contributed by atoms with Crippen LogP contribution in [0.2, 0.25) is 0 Å². The fourth-order valence-electron chi connectivity index (χ4n) is 2.64. The molecule has 2 bridgehead atoms. The van der Waals surface area contributed by atoms with Gasteiger partial charge in [0.25, 0.3) is 0 Å². The van der Waals surface area contributed by atoms with Crippen molar-refractivity contribution in [1.29, 1.82) is 0 Å². The molecule has 3 rings (SSSR count). The van der Waals surface area contributed by atoms with Crippen LogP contribution in [0.3, 0.4) is 0 Å². The van der Waals surface area contributed by atoms with Crippen LogP contribution in [0, 0.1) is 5.41 Å². The van der Waals surface area contributed by atoms with Gasteiger partial charge in [0.15, 0.2) is 0 Å². The first-order valence-corrected chi connectivity index (χ1v) is 4.31. The smallest absolute Gasteiger partial charge is 0.312 e. The molecule has 3 fully saturated rings. The fraction of sp³-hybridized carbons (Fsp3) is 0.889. The third kappa shape index (κ3) is 0.678. The molecule has 0 N–H and O–H groups in total. The SMILES string of the molecule is COC(=O)C12CC(N(C)C)(C1)C2. The van der Waals surface area contributed by atoms with E-state index in [-0.39, 0.29) is 11.4 Å². The minimum Gasteiger partial charge on any atom is -0.469 e. The average molecular weight is 169 g/mol. The number of methoxy groups -OCH3 is 1. The maximum atomic E-state index is 11.3. The summed E-state index contributed by atoms with van der Waals surface area (Å²) in [5.41, 5.74) is 0.257. The van der Waals surface area contributed by atoms with Crippen LogP contribution in [-0.2, 0) is 9.53 Å². The number of carbonyl (C=O) groups excluding carboxylic acids is 1. The molecule has 3 aliphatic rings. The second-order valence-electron chi connectivity index (χ2n) is 4.42. The van der Waals surface area contributed by atoms with Crippen molar-refractivity contribution >= 4 is 5.97 Å². The molecule has 0 atom stereocenters. The summed E-state index contributed by atoms with van der Waals surface area (Å²) in [4.78, 5) is 13.5. The molecule has 0 saturated heterocycles. The lowest BCUT2D eigenvalue weighted by atomic mass is 9.39. The van der Waals surface area contributed by atoms with Crippen LogP contribution in [-0.4, -0.2) is 37.6 Å². The fourth-order valence-corrected chi connectivity index (χ4v) is 2.64. The van der Waals surface area contributed by atoms with E-state index in [9.17, 15) is 4.79 Å². The maximum Gasteiger partial charge on any atom is 0.312 e. The van der Waals surface area contributed by atoms with Gasteiger partial charge in [0.1, 0.15) is 0 Å². The number of nitrogens with zero attached hydrogens (tertiary/aromatic N) is 1. The predicted molar refractivity (Wildman–Crippen MR) is 44.7 cm³/mol. The summed E-state index contributed by atoms with van der Waals surface area (Å²) < 4.78 is 4.76. The number of rotatable bonds is 2. The van der Waals surface area contributed by atoms with Crippen molar-refractivity contribution in [2.45, 2.75) is 24.8 Å². The molecule has 68 valence electrons. The van der Waals surface area contributed by atoms with Gasteiger partial charge in [0.05, 0.1) is 12.5 Å². The normalized spacial score (nSPS) is 43.3. The number of esters is 1. The van der Waals surface area contributed by atoms with Gasteiger partial charge in [0.2, 0.25) is 0 Å².